The van der Waals surface area contributed by atoms with Crippen molar-refractivity contribution in [2.24, 2.45) is 0 Å². The maximum absolute atomic E-state index is 12.6. The van der Waals surface area contributed by atoms with Crippen LogP contribution < -0.4 is 4.90 Å². The monoisotopic (exact) mass is 321 g/mol. The molecule has 0 saturated carbocycles. The van der Waals surface area contributed by atoms with Crippen LogP contribution in [0, 0.1) is 6.92 Å². The minimum atomic E-state index is -1.64. The van der Waals surface area contributed by atoms with Crippen molar-refractivity contribution in [3.05, 3.63) is 29.8 Å². The van der Waals surface area contributed by atoms with Gasteiger partial charge in [-0.05, 0) is 39.8 Å². The van der Waals surface area contributed by atoms with E-state index in [0.717, 1.165) is 5.56 Å². The molecule has 0 aromatic heterocycles. The highest BCUT2D eigenvalue weighted by atomic mass is 16.6. The molecule has 1 aromatic rings. The van der Waals surface area contributed by atoms with Gasteiger partial charge in [0.1, 0.15) is 5.60 Å². The van der Waals surface area contributed by atoms with Crippen LogP contribution in [-0.4, -0.2) is 47.9 Å². The van der Waals surface area contributed by atoms with Gasteiger partial charge in [0.15, 0.2) is 12.2 Å². The lowest BCUT2D eigenvalue weighted by molar-refractivity contribution is -0.177. The first-order valence-corrected chi connectivity index (χ1v) is 7.59. The second-order valence-electron chi connectivity index (χ2n) is 6.60. The number of morpholine rings is 1. The van der Waals surface area contributed by atoms with E-state index in [0.29, 0.717) is 12.2 Å². The molecule has 1 aliphatic rings. The first kappa shape index (κ1) is 17.4. The molecule has 0 bridgehead atoms. The number of carbonyl (C=O) groups excluding carboxylic acids is 2. The van der Waals surface area contributed by atoms with Gasteiger partial charge in [-0.3, -0.25) is 4.79 Å². The maximum atomic E-state index is 12.6. The summed E-state index contributed by atoms with van der Waals surface area (Å²) in [6.45, 7) is 7.66. The first-order valence-electron chi connectivity index (χ1n) is 7.59. The molecule has 1 saturated heterocycles. The Bertz CT molecular complexity index is 576. The minimum Gasteiger partial charge on any atom is -0.458 e. The van der Waals surface area contributed by atoms with Gasteiger partial charge in [0.25, 0.3) is 5.91 Å². The molecule has 1 aromatic carbocycles. The second kappa shape index (κ2) is 6.68. The fraction of sp³-hybridized carbons (Fsp3) is 0.529. The summed E-state index contributed by atoms with van der Waals surface area (Å²) >= 11 is 0. The molecule has 2 atom stereocenters. The summed E-state index contributed by atoms with van der Waals surface area (Å²) in [5, 5.41) is 10.1. The summed E-state index contributed by atoms with van der Waals surface area (Å²) in [4.78, 5) is 26.0. The molecule has 6 heteroatoms. The third-order valence-corrected chi connectivity index (χ3v) is 3.40. The van der Waals surface area contributed by atoms with Crippen molar-refractivity contribution < 1.29 is 24.2 Å². The highest BCUT2D eigenvalue weighted by Crippen LogP contribution is 2.22. The molecule has 6 nitrogen and oxygen atoms in total. The zero-order valence-corrected chi connectivity index (χ0v) is 13.9. The number of anilines is 1. The number of ether oxygens (including phenoxy) is 2. The zero-order valence-electron chi connectivity index (χ0n) is 13.9. The van der Waals surface area contributed by atoms with Gasteiger partial charge in [-0.1, -0.05) is 17.7 Å². The van der Waals surface area contributed by atoms with Crippen LogP contribution in [0.5, 0.6) is 0 Å². The highest BCUT2D eigenvalue weighted by molar-refractivity contribution is 6.00. The Morgan fingerprint density at radius 2 is 1.96 bits per heavy atom. The number of carbonyl (C=O) groups is 2. The minimum absolute atomic E-state index is 0.240. The summed E-state index contributed by atoms with van der Waals surface area (Å²) in [5.74, 6) is -1.31. The largest absolute Gasteiger partial charge is 0.458 e. The van der Waals surface area contributed by atoms with Gasteiger partial charge in [0, 0.05) is 12.2 Å². The van der Waals surface area contributed by atoms with Gasteiger partial charge in [-0.15, -0.1) is 0 Å². The van der Waals surface area contributed by atoms with Crippen LogP contribution in [-0.2, 0) is 19.1 Å². The lowest BCUT2D eigenvalue weighted by Gasteiger charge is -2.34. The van der Waals surface area contributed by atoms with Crippen LogP contribution in [0.3, 0.4) is 0 Å². The van der Waals surface area contributed by atoms with Crippen LogP contribution in [0.25, 0.3) is 0 Å². The predicted octanol–water partition coefficient (Wildman–Crippen LogP) is 1.43. The van der Waals surface area contributed by atoms with Gasteiger partial charge in [0.2, 0.25) is 0 Å². The Kier molecular flexibility index (Phi) is 5.06. The summed E-state index contributed by atoms with van der Waals surface area (Å²) in [6, 6.07) is 7.46. The zero-order chi connectivity index (χ0) is 17.2. The van der Waals surface area contributed by atoms with Crippen LogP contribution >= 0.6 is 0 Å². The molecule has 1 unspecified atom stereocenters. The fourth-order valence-electron chi connectivity index (χ4n) is 2.30. The molecule has 1 fully saturated rings. The Hall–Kier alpha value is -1.92. The molecular weight excluding hydrogens is 298 g/mol. The lowest BCUT2D eigenvalue weighted by atomic mass is 10.1. The second-order valence-corrected chi connectivity index (χ2v) is 6.60. The average molecular weight is 321 g/mol. The Balaban J connectivity index is 2.13. The SMILES string of the molecule is Cc1ccc(N2CCO[C@H](C(O)C(=O)OC(C)(C)C)C2=O)cc1. The smallest absolute Gasteiger partial charge is 0.338 e. The third-order valence-electron chi connectivity index (χ3n) is 3.40. The molecule has 2 rings (SSSR count). The van der Waals surface area contributed by atoms with E-state index in [2.05, 4.69) is 0 Å². The quantitative estimate of drug-likeness (QED) is 0.852. The molecule has 1 N–H and O–H groups in total. The van der Waals surface area contributed by atoms with Gasteiger partial charge >= 0.3 is 5.97 Å². The van der Waals surface area contributed by atoms with Gasteiger partial charge in [-0.2, -0.15) is 0 Å². The normalized spacial score (nSPS) is 20.3. The van der Waals surface area contributed by atoms with E-state index in [1.54, 1.807) is 20.8 Å². The lowest BCUT2D eigenvalue weighted by Crippen LogP contribution is -2.55. The molecule has 126 valence electrons. The number of aliphatic hydroxyl groups excluding tert-OH is 1. The summed E-state index contributed by atoms with van der Waals surface area (Å²) < 4.78 is 10.4. The summed E-state index contributed by atoms with van der Waals surface area (Å²) in [6.07, 6.45) is -2.89. The number of hydrogen-bond acceptors (Lipinski definition) is 5. The van der Waals surface area contributed by atoms with Crippen molar-refractivity contribution in [1.29, 1.82) is 0 Å². The number of benzene rings is 1. The standard InChI is InChI=1S/C17H23NO5/c1-11-5-7-12(8-6-11)18-9-10-22-14(15(18)20)13(19)16(21)23-17(2,3)4/h5-8,13-14,19H,9-10H2,1-4H3/t13?,14-/m1/s1. The van der Waals surface area contributed by atoms with E-state index >= 15 is 0 Å². The number of nitrogens with zero attached hydrogens (tertiary/aromatic N) is 1. The maximum Gasteiger partial charge on any atom is 0.338 e. The van der Waals surface area contributed by atoms with E-state index in [-0.39, 0.29) is 6.61 Å². The van der Waals surface area contributed by atoms with E-state index in [4.69, 9.17) is 9.47 Å². The molecule has 0 radical (unpaired) electrons. The number of rotatable bonds is 3. The van der Waals surface area contributed by atoms with Crippen LogP contribution in [0.4, 0.5) is 5.69 Å². The molecule has 1 amide bonds. The van der Waals surface area contributed by atoms with Crippen LogP contribution in [0.1, 0.15) is 26.3 Å². The van der Waals surface area contributed by atoms with Crippen LogP contribution in [0.15, 0.2) is 24.3 Å². The number of esters is 1. The molecule has 23 heavy (non-hydrogen) atoms. The van der Waals surface area contributed by atoms with Crippen molar-refractivity contribution in [2.75, 3.05) is 18.1 Å². The van der Waals surface area contributed by atoms with Gasteiger partial charge in [-0.25, -0.2) is 4.79 Å². The number of amides is 1. The highest BCUT2D eigenvalue weighted by Gasteiger charge is 2.41. The summed E-state index contributed by atoms with van der Waals surface area (Å²) in [5.41, 5.74) is 1.05. The number of hydrogen-bond donors (Lipinski definition) is 1. The average Bonchev–Trinajstić information content (AvgIpc) is 2.46. The Labute approximate surface area is 136 Å². The van der Waals surface area contributed by atoms with Crippen molar-refractivity contribution in [3.8, 4) is 0 Å². The molecular formula is C17H23NO5. The number of aryl methyl sites for hydroxylation is 1. The number of aliphatic hydroxyl groups is 1. The van der Waals surface area contributed by atoms with E-state index in [1.165, 1.54) is 4.90 Å². The van der Waals surface area contributed by atoms with Crippen LogP contribution in [0.2, 0.25) is 0 Å². The molecule has 1 heterocycles. The Morgan fingerprint density at radius 3 is 2.52 bits per heavy atom. The molecule has 1 aliphatic heterocycles. The van der Waals surface area contributed by atoms with Crippen molar-refractivity contribution in [2.45, 2.75) is 45.5 Å². The third kappa shape index (κ3) is 4.30. The van der Waals surface area contributed by atoms with Crippen molar-refractivity contribution in [3.63, 3.8) is 0 Å². The van der Waals surface area contributed by atoms with E-state index in [1.807, 2.05) is 31.2 Å². The molecule has 0 aliphatic carbocycles. The summed E-state index contributed by atoms with van der Waals surface area (Å²) in [7, 11) is 0. The molecule has 0 spiro atoms. The van der Waals surface area contributed by atoms with E-state index in [9.17, 15) is 14.7 Å². The van der Waals surface area contributed by atoms with Crippen molar-refractivity contribution in [1.82, 2.24) is 0 Å². The predicted molar refractivity (Wildman–Crippen MR) is 85.1 cm³/mol. The first-order chi connectivity index (χ1) is 10.7. The Morgan fingerprint density at radius 1 is 1.35 bits per heavy atom. The van der Waals surface area contributed by atoms with Gasteiger partial charge in [0.05, 0.1) is 6.61 Å². The van der Waals surface area contributed by atoms with E-state index < -0.39 is 29.7 Å². The van der Waals surface area contributed by atoms with Gasteiger partial charge < -0.3 is 19.5 Å². The topological polar surface area (TPSA) is 76.1 Å². The fourth-order valence-corrected chi connectivity index (χ4v) is 2.30. The van der Waals surface area contributed by atoms with Crippen molar-refractivity contribution >= 4 is 17.6 Å².